The summed E-state index contributed by atoms with van der Waals surface area (Å²) in [4.78, 5) is 19.8. The number of nitrogens with one attached hydrogen (secondary N) is 2. The molecule has 0 atom stereocenters. The Labute approximate surface area is 123 Å². The predicted octanol–water partition coefficient (Wildman–Crippen LogP) is 3.74. The molecule has 0 aliphatic heterocycles. The Balaban J connectivity index is 1.94. The maximum Gasteiger partial charge on any atom is 0.273 e. The SMILES string of the molecule is Cc1ccc(NC(=O)c2[nH]c3ccc(C)cc3c2C)nc1. The number of benzene rings is 1. The van der Waals surface area contributed by atoms with Gasteiger partial charge in [-0.05, 0) is 50.1 Å². The van der Waals surface area contributed by atoms with Crippen LogP contribution >= 0.6 is 0 Å². The Morgan fingerprint density at radius 2 is 1.86 bits per heavy atom. The molecule has 0 bridgehead atoms. The van der Waals surface area contributed by atoms with Crippen molar-refractivity contribution < 1.29 is 4.79 Å². The largest absolute Gasteiger partial charge is 0.350 e. The molecule has 2 N–H and O–H groups in total. The van der Waals surface area contributed by atoms with Crippen molar-refractivity contribution in [2.24, 2.45) is 0 Å². The van der Waals surface area contributed by atoms with Gasteiger partial charge in [-0.15, -0.1) is 0 Å². The van der Waals surface area contributed by atoms with Crippen LogP contribution in [-0.2, 0) is 0 Å². The molecule has 0 saturated carbocycles. The number of pyridine rings is 1. The molecule has 0 fully saturated rings. The molecule has 4 nitrogen and oxygen atoms in total. The number of carbonyl (C=O) groups is 1. The van der Waals surface area contributed by atoms with Gasteiger partial charge in [-0.1, -0.05) is 17.7 Å². The highest BCUT2D eigenvalue weighted by molar-refractivity contribution is 6.07. The lowest BCUT2D eigenvalue weighted by Gasteiger charge is -2.04. The van der Waals surface area contributed by atoms with Crippen molar-refractivity contribution in [2.45, 2.75) is 20.8 Å². The minimum Gasteiger partial charge on any atom is -0.350 e. The van der Waals surface area contributed by atoms with Gasteiger partial charge in [0.05, 0.1) is 0 Å². The summed E-state index contributed by atoms with van der Waals surface area (Å²) >= 11 is 0. The molecular formula is C17H17N3O. The third-order valence-corrected chi connectivity index (χ3v) is 3.59. The first-order valence-electron chi connectivity index (χ1n) is 6.87. The van der Waals surface area contributed by atoms with E-state index in [1.807, 2.05) is 39.0 Å². The van der Waals surface area contributed by atoms with E-state index in [4.69, 9.17) is 0 Å². The molecule has 3 rings (SSSR count). The summed E-state index contributed by atoms with van der Waals surface area (Å²) in [6.07, 6.45) is 1.73. The topological polar surface area (TPSA) is 57.8 Å². The maximum atomic E-state index is 12.4. The summed E-state index contributed by atoms with van der Waals surface area (Å²) in [6.45, 7) is 5.96. The van der Waals surface area contributed by atoms with Crippen LogP contribution in [0.25, 0.3) is 10.9 Å². The maximum absolute atomic E-state index is 12.4. The molecule has 1 amide bonds. The zero-order valence-electron chi connectivity index (χ0n) is 12.3. The minimum absolute atomic E-state index is 0.169. The first kappa shape index (κ1) is 13.4. The number of aryl methyl sites for hydroxylation is 3. The third kappa shape index (κ3) is 2.52. The highest BCUT2D eigenvalue weighted by atomic mass is 16.1. The number of aromatic nitrogens is 2. The fraction of sp³-hybridized carbons (Fsp3) is 0.176. The van der Waals surface area contributed by atoms with Gasteiger partial charge in [0, 0.05) is 17.1 Å². The van der Waals surface area contributed by atoms with Crippen LogP contribution in [0.15, 0.2) is 36.5 Å². The van der Waals surface area contributed by atoms with Gasteiger partial charge in [-0.25, -0.2) is 4.98 Å². The molecule has 2 aromatic heterocycles. The van der Waals surface area contributed by atoms with Gasteiger partial charge in [0.15, 0.2) is 0 Å². The Kier molecular flexibility index (Phi) is 3.22. The van der Waals surface area contributed by atoms with Crippen LogP contribution in [0.4, 0.5) is 5.82 Å². The highest BCUT2D eigenvalue weighted by Gasteiger charge is 2.15. The van der Waals surface area contributed by atoms with Crippen LogP contribution in [0.5, 0.6) is 0 Å². The molecule has 106 valence electrons. The van der Waals surface area contributed by atoms with E-state index in [2.05, 4.69) is 21.4 Å². The van der Waals surface area contributed by atoms with Crippen LogP contribution in [0.3, 0.4) is 0 Å². The molecule has 0 radical (unpaired) electrons. The molecule has 1 aromatic carbocycles. The van der Waals surface area contributed by atoms with E-state index in [-0.39, 0.29) is 5.91 Å². The molecule has 0 unspecified atom stereocenters. The number of anilines is 1. The standard InChI is InChI=1S/C17H17N3O/c1-10-4-6-14-13(8-10)12(3)16(19-14)17(21)20-15-7-5-11(2)9-18-15/h4-9,19H,1-3H3,(H,18,20,21). The van der Waals surface area contributed by atoms with Gasteiger partial charge < -0.3 is 10.3 Å². The molecule has 4 heteroatoms. The average molecular weight is 279 g/mol. The fourth-order valence-electron chi connectivity index (χ4n) is 2.39. The second kappa shape index (κ2) is 5.05. The number of aromatic amines is 1. The number of carbonyl (C=O) groups excluding carboxylic acids is 1. The Bertz CT molecular complexity index is 816. The number of H-pyrrole nitrogens is 1. The molecule has 0 aliphatic carbocycles. The van der Waals surface area contributed by atoms with Crippen LogP contribution < -0.4 is 5.32 Å². The Hall–Kier alpha value is -2.62. The van der Waals surface area contributed by atoms with Gasteiger partial charge in [-0.3, -0.25) is 4.79 Å². The lowest BCUT2D eigenvalue weighted by atomic mass is 10.1. The molecule has 2 heterocycles. The van der Waals surface area contributed by atoms with Gasteiger partial charge >= 0.3 is 0 Å². The van der Waals surface area contributed by atoms with E-state index in [0.717, 1.165) is 22.0 Å². The number of fused-ring (bicyclic) bond motifs is 1. The van der Waals surface area contributed by atoms with E-state index in [0.29, 0.717) is 11.5 Å². The van der Waals surface area contributed by atoms with Crippen LogP contribution in [-0.4, -0.2) is 15.9 Å². The van der Waals surface area contributed by atoms with Crippen molar-refractivity contribution in [3.05, 3.63) is 58.9 Å². The van der Waals surface area contributed by atoms with Crippen LogP contribution in [0.2, 0.25) is 0 Å². The zero-order valence-corrected chi connectivity index (χ0v) is 12.3. The van der Waals surface area contributed by atoms with Crippen molar-refractivity contribution in [3.63, 3.8) is 0 Å². The van der Waals surface area contributed by atoms with Crippen molar-refractivity contribution in [3.8, 4) is 0 Å². The minimum atomic E-state index is -0.169. The van der Waals surface area contributed by atoms with Gasteiger partial charge in [0.1, 0.15) is 11.5 Å². The Morgan fingerprint density at radius 3 is 2.57 bits per heavy atom. The lowest BCUT2D eigenvalue weighted by Crippen LogP contribution is -2.14. The van der Waals surface area contributed by atoms with Crippen LogP contribution in [0, 0.1) is 20.8 Å². The monoisotopic (exact) mass is 279 g/mol. The molecule has 21 heavy (non-hydrogen) atoms. The summed E-state index contributed by atoms with van der Waals surface area (Å²) in [5.74, 6) is 0.387. The summed E-state index contributed by atoms with van der Waals surface area (Å²) < 4.78 is 0. The first-order valence-corrected chi connectivity index (χ1v) is 6.87. The second-order valence-corrected chi connectivity index (χ2v) is 5.35. The van der Waals surface area contributed by atoms with E-state index >= 15 is 0 Å². The normalized spacial score (nSPS) is 10.8. The van der Waals surface area contributed by atoms with E-state index in [1.54, 1.807) is 12.3 Å². The summed E-state index contributed by atoms with van der Waals surface area (Å²) in [7, 11) is 0. The van der Waals surface area contributed by atoms with Gasteiger partial charge in [0.2, 0.25) is 0 Å². The van der Waals surface area contributed by atoms with Gasteiger partial charge in [0.25, 0.3) is 5.91 Å². The van der Waals surface area contributed by atoms with Gasteiger partial charge in [-0.2, -0.15) is 0 Å². The molecular weight excluding hydrogens is 262 g/mol. The Morgan fingerprint density at radius 1 is 1.10 bits per heavy atom. The summed E-state index contributed by atoms with van der Waals surface area (Å²) in [6, 6.07) is 9.83. The van der Waals surface area contributed by atoms with Crippen molar-refractivity contribution in [1.29, 1.82) is 0 Å². The number of nitrogens with zero attached hydrogens (tertiary/aromatic N) is 1. The van der Waals surface area contributed by atoms with Crippen molar-refractivity contribution >= 4 is 22.6 Å². The molecule has 0 spiro atoms. The quantitative estimate of drug-likeness (QED) is 0.750. The fourth-order valence-corrected chi connectivity index (χ4v) is 2.39. The first-order chi connectivity index (χ1) is 10.0. The second-order valence-electron chi connectivity index (χ2n) is 5.35. The zero-order chi connectivity index (χ0) is 15.0. The summed E-state index contributed by atoms with van der Waals surface area (Å²) in [5, 5.41) is 3.90. The average Bonchev–Trinajstić information content (AvgIpc) is 2.79. The molecule has 3 aromatic rings. The number of hydrogen-bond acceptors (Lipinski definition) is 2. The molecule has 0 saturated heterocycles. The number of rotatable bonds is 2. The van der Waals surface area contributed by atoms with E-state index in [1.165, 1.54) is 5.56 Å². The number of hydrogen-bond donors (Lipinski definition) is 2. The van der Waals surface area contributed by atoms with E-state index in [9.17, 15) is 4.79 Å². The smallest absolute Gasteiger partial charge is 0.273 e. The third-order valence-electron chi connectivity index (χ3n) is 3.59. The lowest BCUT2D eigenvalue weighted by molar-refractivity contribution is 0.102. The number of amides is 1. The van der Waals surface area contributed by atoms with Crippen molar-refractivity contribution in [1.82, 2.24) is 9.97 Å². The van der Waals surface area contributed by atoms with E-state index < -0.39 is 0 Å². The van der Waals surface area contributed by atoms with Crippen LogP contribution in [0.1, 0.15) is 27.2 Å². The highest BCUT2D eigenvalue weighted by Crippen LogP contribution is 2.23. The molecule has 0 aliphatic rings. The summed E-state index contributed by atoms with van der Waals surface area (Å²) in [5.41, 5.74) is 4.75. The van der Waals surface area contributed by atoms with Crippen molar-refractivity contribution in [2.75, 3.05) is 5.32 Å². The predicted molar refractivity (Wildman–Crippen MR) is 84.7 cm³/mol.